The molecule has 0 aromatic rings. The number of nitrogens with one attached hydrogen (secondary N) is 2. The van der Waals surface area contributed by atoms with E-state index in [0.717, 1.165) is 24.7 Å². The van der Waals surface area contributed by atoms with Crippen LogP contribution in [0.4, 0.5) is 13.2 Å². The van der Waals surface area contributed by atoms with Gasteiger partial charge in [-0.1, -0.05) is 6.92 Å². The summed E-state index contributed by atoms with van der Waals surface area (Å²) in [6.07, 6.45) is 1.28. The maximum atomic E-state index is 12.2. The normalized spacial score (nSPS) is 23.7. The summed E-state index contributed by atoms with van der Waals surface area (Å²) < 4.78 is 36.6. The highest BCUT2D eigenvalue weighted by atomic mass is 19.4. The lowest BCUT2D eigenvalue weighted by Crippen LogP contribution is -2.45. The number of hydrogen-bond donors (Lipinski definition) is 2. The van der Waals surface area contributed by atoms with Crippen LogP contribution in [0.3, 0.4) is 0 Å². The summed E-state index contributed by atoms with van der Waals surface area (Å²) in [5.74, 6) is 1.55. The molecule has 0 amide bonds. The number of guanidine groups is 1. The molecule has 0 unspecified atom stereocenters. The molecule has 22 heavy (non-hydrogen) atoms. The molecule has 1 aliphatic rings. The van der Waals surface area contributed by atoms with Gasteiger partial charge in [-0.25, -0.2) is 0 Å². The summed E-state index contributed by atoms with van der Waals surface area (Å²) in [5, 5.41) is 6.57. The third-order valence-corrected chi connectivity index (χ3v) is 4.04. The molecule has 4 nitrogen and oxygen atoms in total. The molecule has 1 rings (SSSR count). The van der Waals surface area contributed by atoms with E-state index in [9.17, 15) is 13.2 Å². The number of rotatable bonds is 6. The average molecular weight is 322 g/mol. The molecule has 2 N–H and O–H groups in total. The largest absolute Gasteiger partial charge is 0.401 e. The minimum atomic E-state index is -4.13. The van der Waals surface area contributed by atoms with Gasteiger partial charge in [0.2, 0.25) is 0 Å². The topological polar surface area (TPSA) is 39.7 Å². The van der Waals surface area contributed by atoms with Crippen molar-refractivity contribution >= 4 is 5.96 Å². The third kappa shape index (κ3) is 8.46. The van der Waals surface area contributed by atoms with Gasteiger partial charge in [0.15, 0.2) is 5.96 Å². The van der Waals surface area contributed by atoms with Crippen LogP contribution in [0.25, 0.3) is 0 Å². The summed E-state index contributed by atoms with van der Waals surface area (Å²) in [5.41, 5.74) is 0. The summed E-state index contributed by atoms with van der Waals surface area (Å²) in [7, 11) is 3.21. The highest BCUT2D eigenvalue weighted by molar-refractivity contribution is 5.79. The second-order valence-corrected chi connectivity index (χ2v) is 6.31. The predicted molar refractivity (Wildman–Crippen MR) is 84.1 cm³/mol. The van der Waals surface area contributed by atoms with Crippen molar-refractivity contribution in [2.24, 2.45) is 10.9 Å². The SMILES string of the molecule is CN=C(NCCCN(C)CC(F)(F)F)NC1CCC(C)CC1. The minimum absolute atomic E-state index is 0.407. The Morgan fingerprint density at radius 3 is 2.41 bits per heavy atom. The maximum Gasteiger partial charge on any atom is 0.401 e. The van der Waals surface area contributed by atoms with Crippen molar-refractivity contribution in [1.29, 1.82) is 0 Å². The van der Waals surface area contributed by atoms with Crippen molar-refractivity contribution < 1.29 is 13.2 Å². The molecule has 1 saturated carbocycles. The molecule has 0 heterocycles. The van der Waals surface area contributed by atoms with E-state index in [1.165, 1.54) is 24.8 Å². The monoisotopic (exact) mass is 322 g/mol. The maximum absolute atomic E-state index is 12.2. The van der Waals surface area contributed by atoms with E-state index in [4.69, 9.17) is 0 Å². The molecular formula is C15H29F3N4. The Morgan fingerprint density at radius 2 is 1.86 bits per heavy atom. The van der Waals surface area contributed by atoms with Crippen molar-refractivity contribution in [2.75, 3.05) is 33.7 Å². The Kier molecular flexibility index (Phi) is 8.00. The molecule has 0 aromatic heterocycles. The van der Waals surface area contributed by atoms with Crippen LogP contribution in [0.5, 0.6) is 0 Å². The minimum Gasteiger partial charge on any atom is -0.356 e. The van der Waals surface area contributed by atoms with Crippen LogP contribution in [0.1, 0.15) is 39.0 Å². The van der Waals surface area contributed by atoms with Crippen molar-refractivity contribution in [1.82, 2.24) is 15.5 Å². The zero-order chi connectivity index (χ0) is 16.6. The summed E-state index contributed by atoms with van der Waals surface area (Å²) in [6.45, 7) is 2.44. The van der Waals surface area contributed by atoms with Crippen LogP contribution in [-0.4, -0.2) is 56.8 Å². The molecule has 1 aliphatic carbocycles. The van der Waals surface area contributed by atoms with Gasteiger partial charge in [-0.15, -0.1) is 0 Å². The van der Waals surface area contributed by atoms with Crippen molar-refractivity contribution in [3.63, 3.8) is 0 Å². The van der Waals surface area contributed by atoms with E-state index in [2.05, 4.69) is 22.5 Å². The van der Waals surface area contributed by atoms with Gasteiger partial charge in [-0.3, -0.25) is 9.89 Å². The van der Waals surface area contributed by atoms with Gasteiger partial charge < -0.3 is 10.6 Å². The second kappa shape index (κ2) is 9.22. The number of hydrogen-bond acceptors (Lipinski definition) is 2. The standard InChI is InChI=1S/C15H29F3N4/c1-12-5-7-13(8-6-12)21-14(19-2)20-9-4-10-22(3)11-15(16,17)18/h12-13H,4-11H2,1-3H3,(H2,19,20,21). The van der Waals surface area contributed by atoms with E-state index in [0.29, 0.717) is 25.6 Å². The molecule has 0 aliphatic heterocycles. The molecule has 0 atom stereocenters. The van der Waals surface area contributed by atoms with Gasteiger partial charge in [-0.05, 0) is 51.6 Å². The van der Waals surface area contributed by atoms with Crippen LogP contribution < -0.4 is 10.6 Å². The third-order valence-electron chi connectivity index (χ3n) is 4.04. The number of nitrogens with zero attached hydrogens (tertiary/aromatic N) is 2. The summed E-state index contributed by atoms with van der Waals surface area (Å²) in [6, 6.07) is 0.454. The van der Waals surface area contributed by atoms with E-state index in [-0.39, 0.29) is 0 Å². The molecule has 1 fully saturated rings. The van der Waals surface area contributed by atoms with Gasteiger partial charge in [0.25, 0.3) is 0 Å². The van der Waals surface area contributed by atoms with Crippen LogP contribution >= 0.6 is 0 Å². The van der Waals surface area contributed by atoms with E-state index in [1.807, 2.05) is 0 Å². The molecule has 0 saturated heterocycles. The van der Waals surface area contributed by atoms with Gasteiger partial charge in [0.05, 0.1) is 6.54 Å². The molecule has 0 bridgehead atoms. The zero-order valence-corrected chi connectivity index (χ0v) is 13.8. The molecule has 130 valence electrons. The first kappa shape index (κ1) is 19.1. The fourth-order valence-electron chi connectivity index (χ4n) is 2.73. The predicted octanol–water partition coefficient (Wildman–Crippen LogP) is 2.61. The van der Waals surface area contributed by atoms with E-state index in [1.54, 1.807) is 7.05 Å². The van der Waals surface area contributed by atoms with Crippen LogP contribution in [0.15, 0.2) is 4.99 Å². The molecular weight excluding hydrogens is 293 g/mol. The Morgan fingerprint density at radius 1 is 1.23 bits per heavy atom. The van der Waals surface area contributed by atoms with Crippen LogP contribution in [0, 0.1) is 5.92 Å². The molecule has 0 radical (unpaired) electrons. The van der Waals surface area contributed by atoms with Crippen LogP contribution in [0.2, 0.25) is 0 Å². The molecule has 0 spiro atoms. The fraction of sp³-hybridized carbons (Fsp3) is 0.933. The lowest BCUT2D eigenvalue weighted by atomic mass is 9.87. The molecule has 7 heteroatoms. The number of halogens is 3. The Hall–Kier alpha value is -0.980. The Labute approximate surface area is 131 Å². The average Bonchev–Trinajstić information content (AvgIpc) is 2.42. The van der Waals surface area contributed by atoms with Gasteiger partial charge in [0, 0.05) is 19.6 Å². The first-order chi connectivity index (χ1) is 10.3. The Bertz CT molecular complexity index is 336. The lowest BCUT2D eigenvalue weighted by Gasteiger charge is -2.28. The van der Waals surface area contributed by atoms with E-state index < -0.39 is 12.7 Å². The van der Waals surface area contributed by atoms with Crippen molar-refractivity contribution in [2.45, 2.75) is 51.2 Å². The number of alkyl halides is 3. The second-order valence-electron chi connectivity index (χ2n) is 6.31. The van der Waals surface area contributed by atoms with Crippen LogP contribution in [-0.2, 0) is 0 Å². The lowest BCUT2D eigenvalue weighted by molar-refractivity contribution is -0.143. The quantitative estimate of drug-likeness (QED) is 0.449. The highest BCUT2D eigenvalue weighted by Crippen LogP contribution is 2.23. The number of aliphatic imine (C=N–C) groups is 1. The Balaban J connectivity index is 2.16. The van der Waals surface area contributed by atoms with Gasteiger partial charge in [-0.2, -0.15) is 13.2 Å². The summed E-state index contributed by atoms with van der Waals surface area (Å²) in [4.78, 5) is 5.47. The molecule has 0 aromatic carbocycles. The summed E-state index contributed by atoms with van der Waals surface area (Å²) >= 11 is 0. The van der Waals surface area contributed by atoms with Gasteiger partial charge in [0.1, 0.15) is 0 Å². The van der Waals surface area contributed by atoms with Crippen molar-refractivity contribution in [3.8, 4) is 0 Å². The fourth-order valence-corrected chi connectivity index (χ4v) is 2.73. The first-order valence-electron chi connectivity index (χ1n) is 8.02. The van der Waals surface area contributed by atoms with Crippen molar-refractivity contribution in [3.05, 3.63) is 0 Å². The van der Waals surface area contributed by atoms with Gasteiger partial charge >= 0.3 is 6.18 Å². The highest BCUT2D eigenvalue weighted by Gasteiger charge is 2.28. The van der Waals surface area contributed by atoms with E-state index >= 15 is 0 Å². The first-order valence-corrected chi connectivity index (χ1v) is 8.02. The smallest absolute Gasteiger partial charge is 0.356 e. The zero-order valence-electron chi connectivity index (χ0n) is 13.8.